The molecule has 5 rings (SSSR count). The van der Waals surface area contributed by atoms with Crippen LogP contribution in [-0.4, -0.2) is 28.3 Å². The van der Waals surface area contributed by atoms with Crippen molar-refractivity contribution in [3.63, 3.8) is 0 Å². The lowest BCUT2D eigenvalue weighted by Crippen LogP contribution is -2.39. The van der Waals surface area contributed by atoms with Crippen LogP contribution >= 0.6 is 11.3 Å². The highest BCUT2D eigenvalue weighted by Gasteiger charge is 2.33. The predicted octanol–water partition coefficient (Wildman–Crippen LogP) is 4.00. The molecule has 0 saturated heterocycles. The van der Waals surface area contributed by atoms with E-state index in [4.69, 9.17) is 9.47 Å². The summed E-state index contributed by atoms with van der Waals surface area (Å²) in [6.07, 6.45) is 1.94. The molecule has 2 aromatic heterocycles. The molecular formula is C29H29N3O4S. The minimum Gasteiger partial charge on any atom is -0.494 e. The van der Waals surface area contributed by atoms with Gasteiger partial charge in [0.05, 0.1) is 35.1 Å². The van der Waals surface area contributed by atoms with Gasteiger partial charge in [0.1, 0.15) is 5.75 Å². The number of para-hydroxylation sites is 1. The molecule has 2 aromatic carbocycles. The number of aromatic nitrogens is 2. The van der Waals surface area contributed by atoms with Gasteiger partial charge in [0.15, 0.2) is 4.80 Å². The lowest BCUT2D eigenvalue weighted by molar-refractivity contribution is -0.139. The van der Waals surface area contributed by atoms with E-state index in [1.807, 2.05) is 56.4 Å². The van der Waals surface area contributed by atoms with Crippen molar-refractivity contribution < 1.29 is 14.3 Å². The Balaban J connectivity index is 1.74. The number of allylic oxidation sites excluding steroid dienone is 1. The number of aryl methyl sites for hydroxylation is 1. The number of rotatable bonds is 6. The van der Waals surface area contributed by atoms with Gasteiger partial charge < -0.3 is 14.0 Å². The van der Waals surface area contributed by atoms with Crippen LogP contribution in [0.2, 0.25) is 0 Å². The molecule has 1 aliphatic rings. The van der Waals surface area contributed by atoms with Crippen molar-refractivity contribution in [1.29, 1.82) is 0 Å². The van der Waals surface area contributed by atoms with Crippen LogP contribution in [0.1, 0.15) is 43.6 Å². The average molecular weight is 516 g/mol. The first kappa shape index (κ1) is 24.8. The maximum atomic E-state index is 13.9. The molecule has 0 N–H and O–H groups in total. The first-order valence-electron chi connectivity index (χ1n) is 12.3. The Morgan fingerprint density at radius 3 is 2.51 bits per heavy atom. The summed E-state index contributed by atoms with van der Waals surface area (Å²) in [6, 6.07) is 15.0. The van der Waals surface area contributed by atoms with Crippen LogP contribution in [0.15, 0.2) is 69.6 Å². The van der Waals surface area contributed by atoms with E-state index < -0.39 is 12.0 Å². The van der Waals surface area contributed by atoms with E-state index in [9.17, 15) is 9.59 Å². The molecule has 1 aliphatic heterocycles. The molecule has 0 bridgehead atoms. The van der Waals surface area contributed by atoms with Crippen LogP contribution in [-0.2, 0) is 16.6 Å². The van der Waals surface area contributed by atoms with Crippen molar-refractivity contribution in [3.05, 3.63) is 96.3 Å². The zero-order valence-electron chi connectivity index (χ0n) is 21.6. The van der Waals surface area contributed by atoms with Gasteiger partial charge in [-0.15, -0.1) is 0 Å². The third-order valence-electron chi connectivity index (χ3n) is 6.75. The minimum absolute atomic E-state index is 0.190. The first-order chi connectivity index (χ1) is 17.8. The quantitative estimate of drug-likeness (QED) is 0.364. The van der Waals surface area contributed by atoms with Gasteiger partial charge in [-0.05, 0) is 57.5 Å². The maximum absolute atomic E-state index is 13.9. The SMILES string of the molecule is CCOC(=O)C1=C(C)N=c2sc(=Cc3c(C)n(C)c4ccccc34)c(=O)n2[C@H]1c1ccc(OCC)cc1. The third kappa shape index (κ3) is 4.21. The second-order valence-corrected chi connectivity index (χ2v) is 9.89. The van der Waals surface area contributed by atoms with E-state index >= 15 is 0 Å². The van der Waals surface area contributed by atoms with Crippen molar-refractivity contribution in [2.24, 2.45) is 12.0 Å². The Bertz CT molecular complexity index is 1720. The van der Waals surface area contributed by atoms with Crippen LogP contribution in [0.5, 0.6) is 5.75 Å². The van der Waals surface area contributed by atoms with Crippen molar-refractivity contribution in [2.75, 3.05) is 13.2 Å². The predicted molar refractivity (Wildman–Crippen MR) is 146 cm³/mol. The van der Waals surface area contributed by atoms with Crippen molar-refractivity contribution in [2.45, 2.75) is 33.7 Å². The van der Waals surface area contributed by atoms with Crippen LogP contribution in [0.25, 0.3) is 17.0 Å². The molecule has 7 nitrogen and oxygen atoms in total. The normalized spacial score (nSPS) is 15.6. The van der Waals surface area contributed by atoms with E-state index in [1.165, 1.54) is 11.3 Å². The number of nitrogens with zero attached hydrogens (tertiary/aromatic N) is 3. The summed E-state index contributed by atoms with van der Waals surface area (Å²) >= 11 is 1.33. The number of carbonyl (C=O) groups is 1. The summed E-state index contributed by atoms with van der Waals surface area (Å²) < 4.78 is 15.3. The molecular weight excluding hydrogens is 486 g/mol. The molecule has 0 unspecified atom stereocenters. The van der Waals surface area contributed by atoms with E-state index in [0.717, 1.165) is 33.5 Å². The molecule has 0 amide bonds. The summed E-state index contributed by atoms with van der Waals surface area (Å²) in [7, 11) is 2.03. The lowest BCUT2D eigenvalue weighted by atomic mass is 9.96. The fourth-order valence-electron chi connectivity index (χ4n) is 4.88. The van der Waals surface area contributed by atoms with Crippen LogP contribution in [0, 0.1) is 6.92 Å². The summed E-state index contributed by atoms with van der Waals surface area (Å²) in [6.45, 7) is 8.32. The van der Waals surface area contributed by atoms with Gasteiger partial charge in [-0.3, -0.25) is 9.36 Å². The Kier molecular flexibility index (Phi) is 6.60. The van der Waals surface area contributed by atoms with Gasteiger partial charge in [-0.25, -0.2) is 9.79 Å². The van der Waals surface area contributed by atoms with Gasteiger partial charge >= 0.3 is 5.97 Å². The molecule has 0 radical (unpaired) electrons. The van der Waals surface area contributed by atoms with Gasteiger partial charge in [-0.1, -0.05) is 41.7 Å². The molecule has 1 atom stereocenters. The number of carbonyl (C=O) groups excluding carboxylic acids is 1. The van der Waals surface area contributed by atoms with Gasteiger partial charge in [0.25, 0.3) is 5.56 Å². The number of thiazole rings is 1. The maximum Gasteiger partial charge on any atom is 0.338 e. The van der Waals surface area contributed by atoms with Gasteiger partial charge in [-0.2, -0.15) is 0 Å². The Hall–Kier alpha value is -3.91. The molecule has 0 spiro atoms. The lowest BCUT2D eigenvalue weighted by Gasteiger charge is -2.24. The molecule has 0 saturated carbocycles. The van der Waals surface area contributed by atoms with Crippen molar-refractivity contribution in [1.82, 2.24) is 9.13 Å². The summed E-state index contributed by atoms with van der Waals surface area (Å²) in [5.74, 6) is 0.255. The summed E-state index contributed by atoms with van der Waals surface area (Å²) in [4.78, 5) is 32.3. The van der Waals surface area contributed by atoms with E-state index in [0.29, 0.717) is 27.2 Å². The second-order valence-electron chi connectivity index (χ2n) is 8.88. The molecule has 37 heavy (non-hydrogen) atoms. The monoisotopic (exact) mass is 515 g/mol. The fourth-order valence-corrected chi connectivity index (χ4v) is 5.91. The van der Waals surface area contributed by atoms with E-state index in [1.54, 1.807) is 18.4 Å². The Labute approximate surface area is 218 Å². The number of esters is 1. The highest BCUT2D eigenvalue weighted by Crippen LogP contribution is 2.32. The topological polar surface area (TPSA) is 74.8 Å². The standard InChI is InChI=1S/C29H29N3O4S/c1-6-35-20-14-12-19(13-15-20)26-25(28(34)36-7-2)17(3)30-29-32(26)27(33)24(37-29)16-22-18(4)31(5)23-11-9-8-10-21(22)23/h8-16,26H,6-7H2,1-5H3/t26-/m0/s1. The number of benzene rings is 2. The van der Waals surface area contributed by atoms with Crippen LogP contribution in [0.3, 0.4) is 0 Å². The van der Waals surface area contributed by atoms with Crippen LogP contribution in [0.4, 0.5) is 0 Å². The van der Waals surface area contributed by atoms with Crippen LogP contribution < -0.4 is 19.6 Å². The van der Waals surface area contributed by atoms with Gasteiger partial charge in [0, 0.05) is 29.2 Å². The molecule has 8 heteroatoms. The van der Waals surface area contributed by atoms with Crippen molar-refractivity contribution >= 4 is 34.3 Å². The fraction of sp³-hybridized carbons (Fsp3) is 0.276. The molecule has 0 fully saturated rings. The molecule has 3 heterocycles. The Morgan fingerprint density at radius 1 is 1.08 bits per heavy atom. The molecule has 190 valence electrons. The summed E-state index contributed by atoms with van der Waals surface area (Å²) in [5.41, 5.74) is 4.68. The van der Waals surface area contributed by atoms with Gasteiger partial charge in [0.2, 0.25) is 0 Å². The van der Waals surface area contributed by atoms with E-state index in [-0.39, 0.29) is 12.2 Å². The smallest absolute Gasteiger partial charge is 0.338 e. The largest absolute Gasteiger partial charge is 0.494 e. The first-order valence-corrected chi connectivity index (χ1v) is 13.1. The third-order valence-corrected chi connectivity index (χ3v) is 7.73. The van der Waals surface area contributed by atoms with E-state index in [2.05, 4.69) is 28.6 Å². The Morgan fingerprint density at radius 2 is 1.81 bits per heavy atom. The molecule has 0 aliphatic carbocycles. The zero-order chi connectivity index (χ0) is 26.3. The highest BCUT2D eigenvalue weighted by molar-refractivity contribution is 7.07. The average Bonchev–Trinajstić information content (AvgIpc) is 3.32. The number of fused-ring (bicyclic) bond motifs is 2. The number of hydrogen-bond donors (Lipinski definition) is 0. The zero-order valence-corrected chi connectivity index (χ0v) is 22.4. The minimum atomic E-state index is -0.651. The second kappa shape index (κ2) is 9.86. The number of hydrogen-bond acceptors (Lipinski definition) is 6. The summed E-state index contributed by atoms with van der Waals surface area (Å²) in [5, 5.41) is 1.08. The van der Waals surface area contributed by atoms with Crippen molar-refractivity contribution in [3.8, 4) is 5.75 Å². The number of ether oxygens (including phenoxy) is 2. The molecule has 4 aromatic rings. The highest BCUT2D eigenvalue weighted by atomic mass is 32.1.